The summed E-state index contributed by atoms with van der Waals surface area (Å²) < 4.78 is 5.18. The normalized spacial score (nSPS) is 10.2. The van der Waals surface area contributed by atoms with Gasteiger partial charge in [0.05, 0.1) is 13.7 Å². The molecule has 0 spiro atoms. The van der Waals surface area contributed by atoms with Crippen molar-refractivity contribution >= 4 is 11.8 Å². The molecule has 2 rings (SSSR count). The lowest BCUT2D eigenvalue weighted by Gasteiger charge is -2.05. The summed E-state index contributed by atoms with van der Waals surface area (Å²) >= 11 is 1.67. The molecule has 0 aliphatic heterocycles. The van der Waals surface area contributed by atoms with Gasteiger partial charge in [-0.15, -0.1) is 0 Å². The summed E-state index contributed by atoms with van der Waals surface area (Å²) in [5.41, 5.74) is 0.931. The van der Waals surface area contributed by atoms with Gasteiger partial charge in [0, 0.05) is 9.79 Å². The van der Waals surface area contributed by atoms with E-state index in [-0.39, 0.29) is 6.61 Å². The minimum absolute atomic E-state index is 0.0874. The van der Waals surface area contributed by atoms with Crippen LogP contribution in [0.4, 0.5) is 0 Å². The van der Waals surface area contributed by atoms with Crippen LogP contribution in [0.2, 0.25) is 0 Å². The fourth-order valence-electron chi connectivity index (χ4n) is 1.46. The van der Waals surface area contributed by atoms with Crippen LogP contribution in [0, 0.1) is 0 Å². The molecule has 0 saturated heterocycles. The summed E-state index contributed by atoms with van der Waals surface area (Å²) in [6.07, 6.45) is 0. The number of methoxy groups -OCH3 is 1. The number of ether oxygens (including phenoxy) is 1. The van der Waals surface area contributed by atoms with Crippen LogP contribution in [0.5, 0.6) is 5.75 Å². The van der Waals surface area contributed by atoms with Gasteiger partial charge in [-0.05, 0) is 35.9 Å². The first-order valence-corrected chi connectivity index (χ1v) is 6.15. The Morgan fingerprint density at radius 1 is 1.06 bits per heavy atom. The van der Waals surface area contributed by atoms with Crippen molar-refractivity contribution in [2.45, 2.75) is 16.4 Å². The van der Waals surface area contributed by atoms with E-state index in [1.807, 2.05) is 48.5 Å². The first-order valence-electron chi connectivity index (χ1n) is 5.33. The summed E-state index contributed by atoms with van der Waals surface area (Å²) in [5.74, 6) is 0.863. The van der Waals surface area contributed by atoms with Crippen molar-refractivity contribution in [2.24, 2.45) is 0 Å². The van der Waals surface area contributed by atoms with Crippen molar-refractivity contribution in [1.82, 2.24) is 0 Å². The Bertz CT molecular complexity index is 480. The fraction of sp³-hybridized carbons (Fsp3) is 0.143. The van der Waals surface area contributed by atoms with E-state index in [0.29, 0.717) is 0 Å². The molecule has 1 N–H and O–H groups in total. The van der Waals surface area contributed by atoms with E-state index in [4.69, 9.17) is 9.84 Å². The first kappa shape index (κ1) is 12.0. The number of aliphatic hydroxyl groups excluding tert-OH is 1. The zero-order valence-corrected chi connectivity index (χ0v) is 10.4. The Hall–Kier alpha value is -1.45. The second-order valence-corrected chi connectivity index (χ2v) is 4.73. The summed E-state index contributed by atoms with van der Waals surface area (Å²) in [7, 11) is 1.67. The third kappa shape index (κ3) is 3.25. The lowest BCUT2D eigenvalue weighted by atomic mass is 10.2. The molecule has 0 heterocycles. The van der Waals surface area contributed by atoms with Gasteiger partial charge in [-0.25, -0.2) is 0 Å². The maximum atomic E-state index is 8.96. The standard InChI is InChI=1S/C14H14O2S/c1-16-12-3-2-4-14(9-12)17-13-7-5-11(10-15)6-8-13/h2-9,15H,10H2,1H3. The summed E-state index contributed by atoms with van der Waals surface area (Å²) in [5, 5.41) is 8.96. The molecule has 0 radical (unpaired) electrons. The molecule has 0 aliphatic carbocycles. The van der Waals surface area contributed by atoms with Gasteiger partial charge in [-0.3, -0.25) is 0 Å². The lowest BCUT2D eigenvalue weighted by Crippen LogP contribution is -1.83. The van der Waals surface area contributed by atoms with Crippen LogP contribution < -0.4 is 4.74 Å². The summed E-state index contributed by atoms with van der Waals surface area (Å²) in [6.45, 7) is 0.0874. The monoisotopic (exact) mass is 246 g/mol. The third-order valence-electron chi connectivity index (χ3n) is 2.38. The first-order chi connectivity index (χ1) is 8.31. The van der Waals surface area contributed by atoms with E-state index < -0.39 is 0 Å². The van der Waals surface area contributed by atoms with Crippen LogP contribution >= 0.6 is 11.8 Å². The van der Waals surface area contributed by atoms with Crippen molar-refractivity contribution in [1.29, 1.82) is 0 Å². The zero-order chi connectivity index (χ0) is 12.1. The molecule has 0 aromatic heterocycles. The molecule has 0 saturated carbocycles. The largest absolute Gasteiger partial charge is 0.497 e. The van der Waals surface area contributed by atoms with Gasteiger partial charge in [-0.1, -0.05) is 30.0 Å². The second-order valence-electron chi connectivity index (χ2n) is 3.58. The van der Waals surface area contributed by atoms with E-state index in [0.717, 1.165) is 21.1 Å². The van der Waals surface area contributed by atoms with E-state index >= 15 is 0 Å². The average Bonchev–Trinajstić information content (AvgIpc) is 2.40. The number of hydrogen-bond acceptors (Lipinski definition) is 3. The Kier molecular flexibility index (Phi) is 4.07. The lowest BCUT2D eigenvalue weighted by molar-refractivity contribution is 0.282. The van der Waals surface area contributed by atoms with Gasteiger partial charge in [0.25, 0.3) is 0 Å². The van der Waals surface area contributed by atoms with Gasteiger partial charge >= 0.3 is 0 Å². The minimum Gasteiger partial charge on any atom is -0.497 e. The van der Waals surface area contributed by atoms with E-state index in [1.165, 1.54) is 0 Å². The van der Waals surface area contributed by atoms with Crippen molar-refractivity contribution in [2.75, 3.05) is 7.11 Å². The van der Waals surface area contributed by atoms with Gasteiger partial charge in [0.1, 0.15) is 5.75 Å². The Morgan fingerprint density at radius 3 is 2.47 bits per heavy atom. The molecule has 3 heteroatoms. The van der Waals surface area contributed by atoms with Crippen LogP contribution in [0.15, 0.2) is 58.3 Å². The number of benzene rings is 2. The molecule has 0 amide bonds. The zero-order valence-electron chi connectivity index (χ0n) is 9.59. The maximum absolute atomic E-state index is 8.96. The molecular formula is C14H14O2S. The smallest absolute Gasteiger partial charge is 0.119 e. The molecule has 17 heavy (non-hydrogen) atoms. The maximum Gasteiger partial charge on any atom is 0.119 e. The molecule has 0 atom stereocenters. The van der Waals surface area contributed by atoms with Crippen LogP contribution in [-0.2, 0) is 6.61 Å². The Labute approximate surface area is 105 Å². The fourth-order valence-corrected chi connectivity index (χ4v) is 2.33. The highest BCUT2D eigenvalue weighted by Crippen LogP contribution is 2.29. The highest BCUT2D eigenvalue weighted by atomic mass is 32.2. The molecule has 0 fully saturated rings. The number of rotatable bonds is 4. The highest BCUT2D eigenvalue weighted by Gasteiger charge is 1.99. The molecule has 0 aliphatic rings. The van der Waals surface area contributed by atoms with Gasteiger partial charge in [-0.2, -0.15) is 0 Å². The van der Waals surface area contributed by atoms with Crippen LogP contribution in [0.1, 0.15) is 5.56 Å². The average molecular weight is 246 g/mol. The van der Waals surface area contributed by atoms with E-state index in [9.17, 15) is 0 Å². The van der Waals surface area contributed by atoms with Crippen LogP contribution in [-0.4, -0.2) is 12.2 Å². The van der Waals surface area contributed by atoms with Gasteiger partial charge in [0.15, 0.2) is 0 Å². The van der Waals surface area contributed by atoms with Gasteiger partial charge in [0.2, 0.25) is 0 Å². The van der Waals surface area contributed by atoms with E-state index in [2.05, 4.69) is 0 Å². The summed E-state index contributed by atoms with van der Waals surface area (Å²) in [4.78, 5) is 2.29. The van der Waals surface area contributed by atoms with E-state index in [1.54, 1.807) is 18.9 Å². The number of aliphatic hydroxyl groups is 1. The summed E-state index contributed by atoms with van der Waals surface area (Å²) in [6, 6.07) is 15.8. The molecule has 2 aromatic rings. The minimum atomic E-state index is 0.0874. The third-order valence-corrected chi connectivity index (χ3v) is 3.38. The Balaban J connectivity index is 2.13. The molecule has 0 bridgehead atoms. The molecule has 88 valence electrons. The second kappa shape index (κ2) is 5.75. The predicted molar refractivity (Wildman–Crippen MR) is 69.5 cm³/mol. The highest BCUT2D eigenvalue weighted by molar-refractivity contribution is 7.99. The van der Waals surface area contributed by atoms with Crippen molar-refractivity contribution in [3.05, 3.63) is 54.1 Å². The SMILES string of the molecule is COc1cccc(Sc2ccc(CO)cc2)c1. The quantitative estimate of drug-likeness (QED) is 0.897. The molecule has 0 unspecified atom stereocenters. The van der Waals surface area contributed by atoms with Crippen molar-refractivity contribution in [3.63, 3.8) is 0 Å². The van der Waals surface area contributed by atoms with Crippen LogP contribution in [0.25, 0.3) is 0 Å². The number of hydrogen-bond donors (Lipinski definition) is 1. The van der Waals surface area contributed by atoms with Crippen LogP contribution in [0.3, 0.4) is 0 Å². The molecule has 2 aromatic carbocycles. The topological polar surface area (TPSA) is 29.5 Å². The Morgan fingerprint density at radius 2 is 1.82 bits per heavy atom. The van der Waals surface area contributed by atoms with Crippen molar-refractivity contribution in [3.8, 4) is 5.75 Å². The van der Waals surface area contributed by atoms with Gasteiger partial charge < -0.3 is 9.84 Å². The van der Waals surface area contributed by atoms with Crippen molar-refractivity contribution < 1.29 is 9.84 Å². The molecule has 2 nitrogen and oxygen atoms in total. The predicted octanol–water partition coefficient (Wildman–Crippen LogP) is 3.34. The molecular weight excluding hydrogens is 232 g/mol.